The van der Waals surface area contributed by atoms with E-state index in [0.29, 0.717) is 6.42 Å². The molecule has 84 valence electrons. The van der Waals surface area contributed by atoms with E-state index in [2.05, 4.69) is 0 Å². The molecular weight excluding hydrogens is 192 g/mol. The average Bonchev–Trinajstić information content (AvgIpc) is 2.17. The zero-order chi connectivity index (χ0) is 11.4. The van der Waals surface area contributed by atoms with Crippen molar-refractivity contribution in [2.45, 2.75) is 38.4 Å². The largest absolute Gasteiger partial charge is 0.508 e. The van der Waals surface area contributed by atoms with E-state index in [-0.39, 0.29) is 11.7 Å². The highest BCUT2D eigenvalue weighted by molar-refractivity contribution is 5.29. The van der Waals surface area contributed by atoms with Gasteiger partial charge in [-0.3, -0.25) is 0 Å². The first kappa shape index (κ1) is 12.0. The molecule has 0 saturated carbocycles. The normalized spacial score (nSPS) is 17.1. The van der Waals surface area contributed by atoms with Crippen molar-refractivity contribution in [2.75, 3.05) is 0 Å². The molecule has 0 aliphatic carbocycles. The summed E-state index contributed by atoms with van der Waals surface area (Å²) in [5, 5.41) is 28.0. The maximum Gasteiger partial charge on any atom is 0.115 e. The molecule has 0 aromatic heterocycles. The quantitative estimate of drug-likeness (QED) is 0.707. The van der Waals surface area contributed by atoms with Crippen molar-refractivity contribution in [1.82, 2.24) is 0 Å². The lowest BCUT2D eigenvalue weighted by Crippen LogP contribution is -2.24. The molecular formula is C12H18O3. The summed E-state index contributed by atoms with van der Waals surface area (Å²) < 4.78 is 0. The number of aliphatic hydroxyl groups excluding tert-OH is 2. The summed E-state index contributed by atoms with van der Waals surface area (Å²) in [4.78, 5) is 0. The predicted molar refractivity (Wildman–Crippen MR) is 58.8 cm³/mol. The highest BCUT2D eigenvalue weighted by Gasteiger charge is 2.16. The number of rotatable bonds is 4. The van der Waals surface area contributed by atoms with E-state index in [1.807, 2.05) is 13.0 Å². The van der Waals surface area contributed by atoms with Gasteiger partial charge in [0, 0.05) is 0 Å². The molecule has 0 radical (unpaired) electrons. The molecule has 3 atom stereocenters. The van der Waals surface area contributed by atoms with Gasteiger partial charge < -0.3 is 15.3 Å². The Morgan fingerprint density at radius 1 is 1.20 bits per heavy atom. The minimum Gasteiger partial charge on any atom is -0.508 e. The van der Waals surface area contributed by atoms with E-state index >= 15 is 0 Å². The van der Waals surface area contributed by atoms with Crippen molar-refractivity contribution >= 4 is 0 Å². The van der Waals surface area contributed by atoms with Gasteiger partial charge in [0.25, 0.3) is 0 Å². The molecule has 0 amide bonds. The van der Waals surface area contributed by atoms with Gasteiger partial charge in [0.2, 0.25) is 0 Å². The van der Waals surface area contributed by atoms with Crippen LogP contribution in [0.4, 0.5) is 0 Å². The first-order valence-electron chi connectivity index (χ1n) is 5.15. The lowest BCUT2D eigenvalue weighted by Gasteiger charge is -2.18. The van der Waals surface area contributed by atoms with E-state index in [1.54, 1.807) is 25.1 Å². The Bertz CT molecular complexity index is 309. The molecule has 3 N–H and O–H groups in total. The highest BCUT2D eigenvalue weighted by atomic mass is 16.3. The van der Waals surface area contributed by atoms with E-state index in [1.165, 1.54) is 0 Å². The Morgan fingerprint density at radius 2 is 1.87 bits per heavy atom. The van der Waals surface area contributed by atoms with Crippen LogP contribution in [0, 0.1) is 0 Å². The molecule has 0 bridgehead atoms. The summed E-state index contributed by atoms with van der Waals surface area (Å²) in [6.07, 6.45) is -0.951. The summed E-state index contributed by atoms with van der Waals surface area (Å²) in [6, 6.07) is 6.97. The summed E-state index contributed by atoms with van der Waals surface area (Å²) >= 11 is 0. The van der Waals surface area contributed by atoms with Crippen LogP contribution in [0.25, 0.3) is 0 Å². The molecule has 0 aliphatic heterocycles. The first-order chi connectivity index (χ1) is 7.00. The van der Waals surface area contributed by atoms with Crippen molar-refractivity contribution in [3.63, 3.8) is 0 Å². The Hall–Kier alpha value is -1.06. The van der Waals surface area contributed by atoms with Gasteiger partial charge in [-0.05, 0) is 37.0 Å². The minimum atomic E-state index is -0.720. The molecule has 3 unspecified atom stereocenters. The standard InChI is InChI=1S/C12H18O3/c1-8(6-12(15)9(2)13)10-4-3-5-11(14)7-10/h3-5,7-9,12-15H,6H2,1-2H3. The van der Waals surface area contributed by atoms with Crippen LogP contribution in [0.2, 0.25) is 0 Å². The number of phenolic OH excluding ortho intramolecular Hbond substituents is 1. The smallest absolute Gasteiger partial charge is 0.115 e. The van der Waals surface area contributed by atoms with Gasteiger partial charge in [-0.15, -0.1) is 0 Å². The van der Waals surface area contributed by atoms with Crippen molar-refractivity contribution in [2.24, 2.45) is 0 Å². The Morgan fingerprint density at radius 3 is 2.40 bits per heavy atom. The number of hydrogen-bond donors (Lipinski definition) is 3. The molecule has 3 heteroatoms. The maximum atomic E-state index is 9.51. The van der Waals surface area contributed by atoms with E-state index < -0.39 is 12.2 Å². The highest BCUT2D eigenvalue weighted by Crippen LogP contribution is 2.24. The lowest BCUT2D eigenvalue weighted by atomic mass is 9.93. The maximum absolute atomic E-state index is 9.51. The van der Waals surface area contributed by atoms with Gasteiger partial charge in [-0.25, -0.2) is 0 Å². The third-order valence-corrected chi connectivity index (χ3v) is 2.59. The van der Waals surface area contributed by atoms with E-state index in [0.717, 1.165) is 5.56 Å². The SMILES string of the molecule is CC(CC(O)C(C)O)c1cccc(O)c1. The van der Waals surface area contributed by atoms with E-state index in [9.17, 15) is 15.3 Å². The van der Waals surface area contributed by atoms with E-state index in [4.69, 9.17) is 0 Å². The monoisotopic (exact) mass is 210 g/mol. The molecule has 15 heavy (non-hydrogen) atoms. The van der Waals surface area contributed by atoms with Crippen molar-refractivity contribution in [3.8, 4) is 5.75 Å². The molecule has 0 aliphatic rings. The van der Waals surface area contributed by atoms with Crippen molar-refractivity contribution in [1.29, 1.82) is 0 Å². The molecule has 1 aromatic carbocycles. The van der Waals surface area contributed by atoms with Crippen LogP contribution in [-0.2, 0) is 0 Å². The van der Waals surface area contributed by atoms with Crippen LogP contribution in [0.15, 0.2) is 24.3 Å². The fraction of sp³-hybridized carbons (Fsp3) is 0.500. The minimum absolute atomic E-state index is 0.113. The van der Waals surface area contributed by atoms with Gasteiger partial charge in [-0.2, -0.15) is 0 Å². The second-order valence-electron chi connectivity index (χ2n) is 4.04. The van der Waals surface area contributed by atoms with Gasteiger partial charge >= 0.3 is 0 Å². The molecule has 0 saturated heterocycles. The molecule has 1 rings (SSSR count). The molecule has 0 heterocycles. The second kappa shape index (κ2) is 5.14. The summed E-state index contributed by atoms with van der Waals surface area (Å²) in [5.74, 6) is 0.340. The molecule has 1 aromatic rings. The fourth-order valence-corrected chi connectivity index (χ4v) is 1.53. The Kier molecular flexibility index (Phi) is 4.12. The summed E-state index contributed by atoms with van der Waals surface area (Å²) in [6.45, 7) is 3.53. The van der Waals surface area contributed by atoms with Crippen LogP contribution >= 0.6 is 0 Å². The molecule has 3 nitrogen and oxygen atoms in total. The summed E-state index contributed by atoms with van der Waals surface area (Å²) in [5.41, 5.74) is 0.967. The lowest BCUT2D eigenvalue weighted by molar-refractivity contribution is 0.0227. The number of aliphatic hydroxyl groups is 2. The Labute approximate surface area is 90.0 Å². The van der Waals surface area contributed by atoms with Crippen LogP contribution in [0.1, 0.15) is 31.7 Å². The fourth-order valence-electron chi connectivity index (χ4n) is 1.53. The van der Waals surface area contributed by atoms with Gasteiger partial charge in [-0.1, -0.05) is 19.1 Å². The second-order valence-corrected chi connectivity index (χ2v) is 4.04. The number of benzene rings is 1. The topological polar surface area (TPSA) is 60.7 Å². The van der Waals surface area contributed by atoms with Gasteiger partial charge in [0.05, 0.1) is 12.2 Å². The van der Waals surface area contributed by atoms with Gasteiger partial charge in [0.15, 0.2) is 0 Å². The number of aromatic hydroxyl groups is 1. The first-order valence-corrected chi connectivity index (χ1v) is 5.15. The predicted octanol–water partition coefficient (Wildman–Crippen LogP) is 1.63. The zero-order valence-corrected chi connectivity index (χ0v) is 9.09. The zero-order valence-electron chi connectivity index (χ0n) is 9.09. The third-order valence-electron chi connectivity index (χ3n) is 2.59. The average molecular weight is 210 g/mol. The molecule has 0 spiro atoms. The van der Waals surface area contributed by atoms with Crippen molar-refractivity contribution in [3.05, 3.63) is 29.8 Å². The van der Waals surface area contributed by atoms with Crippen LogP contribution < -0.4 is 0 Å². The molecule has 0 fully saturated rings. The van der Waals surface area contributed by atoms with Crippen LogP contribution in [0.3, 0.4) is 0 Å². The van der Waals surface area contributed by atoms with Crippen LogP contribution in [-0.4, -0.2) is 27.5 Å². The van der Waals surface area contributed by atoms with Crippen molar-refractivity contribution < 1.29 is 15.3 Å². The Balaban J connectivity index is 2.64. The third kappa shape index (κ3) is 3.53. The summed E-state index contributed by atoms with van der Waals surface area (Å²) in [7, 11) is 0. The van der Waals surface area contributed by atoms with Gasteiger partial charge in [0.1, 0.15) is 5.75 Å². The number of phenols is 1. The number of hydrogen-bond acceptors (Lipinski definition) is 3. The van der Waals surface area contributed by atoms with Crippen LogP contribution in [0.5, 0.6) is 5.75 Å².